The number of amides is 1. The number of hydrogen-bond donors (Lipinski definition) is 2. The molecule has 0 saturated carbocycles. The molecule has 0 aliphatic carbocycles. The van der Waals surface area contributed by atoms with Gasteiger partial charge in [0.25, 0.3) is 5.56 Å². The summed E-state index contributed by atoms with van der Waals surface area (Å²) in [6.45, 7) is 3.14. The lowest BCUT2D eigenvalue weighted by atomic mass is 10.0. The van der Waals surface area contributed by atoms with Gasteiger partial charge in [-0.25, -0.2) is 9.18 Å². The van der Waals surface area contributed by atoms with Gasteiger partial charge in [-0.2, -0.15) is 0 Å². The second-order valence-electron chi connectivity index (χ2n) is 7.70. The zero-order valence-electron chi connectivity index (χ0n) is 17.6. The largest absolute Gasteiger partial charge is 0.379 e. The summed E-state index contributed by atoms with van der Waals surface area (Å²) in [5, 5.41) is 3.34. The first-order chi connectivity index (χ1) is 15.5. The van der Waals surface area contributed by atoms with E-state index in [0.29, 0.717) is 30.7 Å². The summed E-state index contributed by atoms with van der Waals surface area (Å²) in [5.74, 6) is -0.523. The Hall–Kier alpha value is -3.30. The maximum absolute atomic E-state index is 13.4. The minimum atomic E-state index is -0.543. The second kappa shape index (κ2) is 9.88. The summed E-state index contributed by atoms with van der Waals surface area (Å²) < 4.78 is 20.2. The average Bonchev–Trinajstić information content (AvgIpc) is 2.81. The molecule has 2 heterocycles. The van der Waals surface area contributed by atoms with Gasteiger partial charge in [-0.05, 0) is 29.8 Å². The van der Waals surface area contributed by atoms with Crippen LogP contribution in [0.25, 0.3) is 10.9 Å². The summed E-state index contributed by atoms with van der Waals surface area (Å²) in [6.07, 6.45) is 0.0786. The van der Waals surface area contributed by atoms with Crippen LogP contribution < -0.4 is 16.6 Å². The number of H-pyrrole nitrogens is 1. The van der Waals surface area contributed by atoms with Crippen LogP contribution >= 0.6 is 0 Å². The number of para-hydroxylation sites is 1. The maximum atomic E-state index is 13.4. The smallest absolute Gasteiger partial charge is 0.328 e. The third-order valence-electron chi connectivity index (χ3n) is 5.70. The van der Waals surface area contributed by atoms with Crippen LogP contribution in [-0.4, -0.2) is 53.2 Å². The highest BCUT2D eigenvalue weighted by Gasteiger charge is 2.23. The van der Waals surface area contributed by atoms with E-state index in [4.69, 9.17) is 4.74 Å². The Morgan fingerprint density at radius 1 is 1.09 bits per heavy atom. The monoisotopic (exact) mass is 440 g/mol. The number of carbonyl (C=O) groups is 1. The molecule has 1 aliphatic rings. The molecule has 0 radical (unpaired) electrons. The molecule has 4 rings (SSSR count). The molecule has 0 spiro atoms. The Bertz CT molecular complexity index is 1200. The van der Waals surface area contributed by atoms with Crippen LogP contribution in [0, 0.1) is 5.82 Å². The standard InChI is InChI=1S/C23H25FN4O4/c24-17-7-5-16(6-8-17)20(27-11-13-32-14-12-27)15-25-21(29)9-10-28-19-4-2-1-3-18(19)22(30)26-23(28)31/h1-8,20H,9-15H2,(H,25,29)(H,26,30,31)/t20-/m0/s1. The van der Waals surface area contributed by atoms with Gasteiger partial charge in [0, 0.05) is 32.6 Å². The molecule has 1 amide bonds. The highest BCUT2D eigenvalue weighted by Crippen LogP contribution is 2.21. The van der Waals surface area contributed by atoms with Gasteiger partial charge in [-0.15, -0.1) is 0 Å². The van der Waals surface area contributed by atoms with Gasteiger partial charge in [0.2, 0.25) is 5.91 Å². The number of morpholine rings is 1. The van der Waals surface area contributed by atoms with E-state index in [1.807, 2.05) is 0 Å². The molecule has 1 fully saturated rings. The van der Waals surface area contributed by atoms with E-state index in [9.17, 15) is 18.8 Å². The average molecular weight is 440 g/mol. The van der Waals surface area contributed by atoms with Crippen molar-refractivity contribution in [2.45, 2.75) is 19.0 Å². The van der Waals surface area contributed by atoms with Gasteiger partial charge < -0.3 is 10.1 Å². The number of ether oxygens (including phenoxy) is 1. The number of aromatic nitrogens is 2. The zero-order valence-corrected chi connectivity index (χ0v) is 17.6. The third-order valence-corrected chi connectivity index (χ3v) is 5.70. The van der Waals surface area contributed by atoms with E-state index in [1.165, 1.54) is 16.7 Å². The summed E-state index contributed by atoms with van der Waals surface area (Å²) in [6, 6.07) is 13.0. The molecule has 9 heteroatoms. The van der Waals surface area contributed by atoms with Gasteiger partial charge in [0.15, 0.2) is 0 Å². The minimum absolute atomic E-state index is 0.0786. The normalized spacial score (nSPS) is 15.5. The lowest BCUT2D eigenvalue weighted by Crippen LogP contribution is -2.44. The number of fused-ring (bicyclic) bond motifs is 1. The molecular formula is C23H25FN4O4. The highest BCUT2D eigenvalue weighted by atomic mass is 19.1. The number of halogens is 1. The SMILES string of the molecule is O=C(CCn1c(=O)[nH]c(=O)c2ccccc21)NC[C@@H](c1ccc(F)cc1)N1CCOCC1. The van der Waals surface area contributed by atoms with E-state index < -0.39 is 11.2 Å². The van der Waals surface area contributed by atoms with Crippen LogP contribution in [-0.2, 0) is 16.1 Å². The third kappa shape index (κ3) is 4.95. The Morgan fingerprint density at radius 3 is 2.56 bits per heavy atom. The van der Waals surface area contributed by atoms with Crippen LogP contribution in [0.15, 0.2) is 58.1 Å². The van der Waals surface area contributed by atoms with Crippen molar-refractivity contribution < 1.29 is 13.9 Å². The summed E-state index contributed by atoms with van der Waals surface area (Å²) >= 11 is 0. The predicted octanol–water partition coefficient (Wildman–Crippen LogP) is 1.41. The fraction of sp³-hybridized carbons (Fsp3) is 0.348. The highest BCUT2D eigenvalue weighted by molar-refractivity contribution is 5.78. The number of aromatic amines is 1. The van der Waals surface area contributed by atoms with E-state index in [0.717, 1.165) is 18.7 Å². The van der Waals surface area contributed by atoms with Crippen molar-refractivity contribution in [3.8, 4) is 0 Å². The quantitative estimate of drug-likeness (QED) is 0.579. The Kier molecular flexibility index (Phi) is 6.77. The number of aryl methyl sites for hydroxylation is 1. The second-order valence-corrected chi connectivity index (χ2v) is 7.70. The van der Waals surface area contributed by atoms with Crippen LogP contribution in [0.2, 0.25) is 0 Å². The molecule has 3 aromatic rings. The summed E-state index contributed by atoms with van der Waals surface area (Å²) in [4.78, 5) is 41.4. The molecule has 168 valence electrons. The van der Waals surface area contributed by atoms with Gasteiger partial charge >= 0.3 is 5.69 Å². The Balaban J connectivity index is 1.44. The number of benzene rings is 2. The first kappa shape index (κ1) is 21.9. The molecule has 1 aromatic heterocycles. The number of rotatable bonds is 7. The van der Waals surface area contributed by atoms with Crippen LogP contribution in [0.1, 0.15) is 18.0 Å². The van der Waals surface area contributed by atoms with Gasteiger partial charge in [0.1, 0.15) is 5.82 Å². The molecule has 0 bridgehead atoms. The van der Waals surface area contributed by atoms with Gasteiger partial charge in [0.05, 0.1) is 30.2 Å². The lowest BCUT2D eigenvalue weighted by molar-refractivity contribution is -0.121. The van der Waals surface area contributed by atoms with Crippen molar-refractivity contribution >= 4 is 16.8 Å². The van der Waals surface area contributed by atoms with Crippen LogP contribution in [0.4, 0.5) is 4.39 Å². The first-order valence-electron chi connectivity index (χ1n) is 10.6. The van der Waals surface area contributed by atoms with E-state index in [-0.39, 0.29) is 30.7 Å². The van der Waals surface area contributed by atoms with Crippen LogP contribution in [0.3, 0.4) is 0 Å². The van der Waals surface area contributed by atoms with Crippen molar-refractivity contribution in [1.82, 2.24) is 19.8 Å². The Morgan fingerprint density at radius 2 is 1.81 bits per heavy atom. The molecule has 2 aromatic carbocycles. The molecule has 8 nitrogen and oxygen atoms in total. The van der Waals surface area contributed by atoms with Crippen molar-refractivity contribution in [1.29, 1.82) is 0 Å². The molecule has 2 N–H and O–H groups in total. The summed E-state index contributed by atoms with van der Waals surface area (Å²) in [7, 11) is 0. The number of nitrogens with zero attached hydrogens (tertiary/aromatic N) is 2. The van der Waals surface area contributed by atoms with E-state index >= 15 is 0 Å². The molecule has 1 saturated heterocycles. The van der Waals surface area contributed by atoms with Gasteiger partial charge in [-0.3, -0.25) is 24.0 Å². The van der Waals surface area contributed by atoms with Crippen molar-refractivity contribution in [2.24, 2.45) is 0 Å². The van der Waals surface area contributed by atoms with Crippen molar-refractivity contribution in [3.63, 3.8) is 0 Å². The lowest BCUT2D eigenvalue weighted by Gasteiger charge is -2.35. The minimum Gasteiger partial charge on any atom is -0.379 e. The maximum Gasteiger partial charge on any atom is 0.328 e. The molecule has 1 aliphatic heterocycles. The topological polar surface area (TPSA) is 96.4 Å². The fourth-order valence-electron chi connectivity index (χ4n) is 4.01. The number of hydrogen-bond acceptors (Lipinski definition) is 5. The van der Waals surface area contributed by atoms with Crippen molar-refractivity contribution in [3.05, 3.63) is 80.7 Å². The zero-order chi connectivity index (χ0) is 22.5. The van der Waals surface area contributed by atoms with E-state index in [1.54, 1.807) is 36.4 Å². The van der Waals surface area contributed by atoms with Crippen LogP contribution in [0.5, 0.6) is 0 Å². The number of carbonyl (C=O) groups excluding carboxylic acids is 1. The number of nitrogens with one attached hydrogen (secondary N) is 2. The first-order valence-corrected chi connectivity index (χ1v) is 10.6. The molecule has 0 unspecified atom stereocenters. The predicted molar refractivity (Wildman–Crippen MR) is 118 cm³/mol. The Labute approximate surface area is 183 Å². The molecular weight excluding hydrogens is 415 g/mol. The fourth-order valence-corrected chi connectivity index (χ4v) is 4.01. The van der Waals surface area contributed by atoms with Gasteiger partial charge in [-0.1, -0.05) is 24.3 Å². The molecule has 1 atom stereocenters. The molecule has 32 heavy (non-hydrogen) atoms. The van der Waals surface area contributed by atoms with E-state index in [2.05, 4.69) is 15.2 Å². The van der Waals surface area contributed by atoms with Crippen molar-refractivity contribution in [2.75, 3.05) is 32.8 Å². The summed E-state index contributed by atoms with van der Waals surface area (Å²) in [5.41, 5.74) is 0.418.